The molecule has 0 saturated heterocycles. The molecular formula is C17H9Cl2NO4. The lowest BCUT2D eigenvalue weighted by Crippen LogP contribution is -1.97. The van der Waals surface area contributed by atoms with Crippen molar-refractivity contribution in [2.24, 2.45) is 0 Å². The Bertz CT molecular complexity index is 901. The highest BCUT2D eigenvalue weighted by Gasteiger charge is 2.22. The number of esters is 1. The quantitative estimate of drug-likeness (QED) is 0.338. The summed E-state index contributed by atoms with van der Waals surface area (Å²) >= 11 is 11.9. The first kappa shape index (κ1) is 16.2. The van der Waals surface area contributed by atoms with E-state index in [0.717, 1.165) is 0 Å². The van der Waals surface area contributed by atoms with Gasteiger partial charge in [0.15, 0.2) is 0 Å². The van der Waals surface area contributed by atoms with Crippen molar-refractivity contribution in [2.45, 2.75) is 0 Å². The molecule has 7 heteroatoms. The second-order valence-corrected chi connectivity index (χ2v) is 5.81. The molecule has 0 spiro atoms. The summed E-state index contributed by atoms with van der Waals surface area (Å²) in [5.41, 5.74) is 1.20. The van der Waals surface area contributed by atoms with Crippen molar-refractivity contribution >= 4 is 46.7 Å². The van der Waals surface area contributed by atoms with Crippen molar-refractivity contribution in [3.8, 4) is 0 Å². The molecule has 0 unspecified atom stereocenters. The molecule has 0 saturated carbocycles. The van der Waals surface area contributed by atoms with Gasteiger partial charge in [0, 0.05) is 33.3 Å². The Morgan fingerprint density at radius 3 is 2.46 bits per heavy atom. The van der Waals surface area contributed by atoms with Crippen LogP contribution in [0.3, 0.4) is 0 Å². The molecule has 1 aliphatic heterocycles. The highest BCUT2D eigenvalue weighted by molar-refractivity contribution is 6.32. The fourth-order valence-corrected chi connectivity index (χ4v) is 2.47. The monoisotopic (exact) mass is 361 g/mol. The minimum absolute atomic E-state index is 0.112. The molecule has 0 amide bonds. The highest BCUT2D eigenvalue weighted by Crippen LogP contribution is 2.30. The van der Waals surface area contributed by atoms with Crippen molar-refractivity contribution < 1.29 is 14.5 Å². The number of nitro groups is 1. The van der Waals surface area contributed by atoms with Crippen LogP contribution in [0, 0.1) is 10.1 Å². The minimum Gasteiger partial charge on any atom is -0.422 e. The van der Waals surface area contributed by atoms with Crippen LogP contribution < -0.4 is 0 Å². The largest absolute Gasteiger partial charge is 0.422 e. The zero-order valence-electron chi connectivity index (χ0n) is 12.0. The van der Waals surface area contributed by atoms with Gasteiger partial charge in [0.1, 0.15) is 5.76 Å². The average Bonchev–Trinajstić information content (AvgIpc) is 2.91. The summed E-state index contributed by atoms with van der Waals surface area (Å²) < 4.78 is 5.22. The topological polar surface area (TPSA) is 69.4 Å². The Morgan fingerprint density at radius 2 is 1.79 bits per heavy atom. The normalized spacial score (nSPS) is 15.3. The van der Waals surface area contributed by atoms with E-state index in [2.05, 4.69) is 0 Å². The number of nitro benzene ring substituents is 1. The van der Waals surface area contributed by atoms with Crippen LogP contribution in [0.25, 0.3) is 11.8 Å². The van der Waals surface area contributed by atoms with E-state index < -0.39 is 10.9 Å². The molecule has 0 N–H and O–H groups in total. The summed E-state index contributed by atoms with van der Waals surface area (Å²) in [5.74, 6) is -0.174. The fraction of sp³-hybridized carbons (Fsp3) is 0. The van der Waals surface area contributed by atoms with Gasteiger partial charge >= 0.3 is 5.97 Å². The number of nitrogens with zero attached hydrogens (tertiary/aromatic N) is 1. The van der Waals surface area contributed by atoms with E-state index in [-0.39, 0.29) is 11.3 Å². The van der Waals surface area contributed by atoms with Crippen LogP contribution in [0.1, 0.15) is 11.1 Å². The maximum Gasteiger partial charge on any atom is 0.343 e. The van der Waals surface area contributed by atoms with Gasteiger partial charge < -0.3 is 4.74 Å². The predicted molar refractivity (Wildman–Crippen MR) is 91.6 cm³/mol. The first-order valence-corrected chi connectivity index (χ1v) is 7.55. The molecule has 2 aromatic carbocycles. The standard InChI is InChI=1S/C17H9Cl2NO4/c18-13-3-1-10(2-4-13)16-9-12(17(21)24-16)7-11-8-14(20(22)23)5-6-15(11)19/h1-9H. The van der Waals surface area contributed by atoms with Crippen LogP contribution in [-0.2, 0) is 9.53 Å². The van der Waals surface area contributed by atoms with Gasteiger partial charge in [-0.1, -0.05) is 23.2 Å². The maximum atomic E-state index is 12.0. The summed E-state index contributed by atoms with van der Waals surface area (Å²) in [6.45, 7) is 0. The number of hydrogen-bond acceptors (Lipinski definition) is 4. The predicted octanol–water partition coefficient (Wildman–Crippen LogP) is 4.88. The Hall–Kier alpha value is -2.63. The summed E-state index contributed by atoms with van der Waals surface area (Å²) in [4.78, 5) is 22.3. The molecule has 2 aromatic rings. The summed E-state index contributed by atoms with van der Waals surface area (Å²) in [5, 5.41) is 11.7. The number of carbonyl (C=O) groups excluding carboxylic acids is 1. The molecule has 0 aliphatic carbocycles. The molecule has 0 atom stereocenters. The molecule has 1 aliphatic rings. The number of ether oxygens (including phenoxy) is 1. The fourth-order valence-electron chi connectivity index (χ4n) is 2.17. The number of benzene rings is 2. The van der Waals surface area contributed by atoms with Crippen LogP contribution >= 0.6 is 23.2 Å². The van der Waals surface area contributed by atoms with Crippen molar-refractivity contribution in [2.75, 3.05) is 0 Å². The third kappa shape index (κ3) is 3.32. The molecule has 1 heterocycles. The van der Waals surface area contributed by atoms with Gasteiger partial charge in [0.25, 0.3) is 5.69 Å². The van der Waals surface area contributed by atoms with Crippen LogP contribution in [-0.4, -0.2) is 10.9 Å². The molecule has 0 aromatic heterocycles. The molecule has 5 nitrogen and oxygen atoms in total. The van der Waals surface area contributed by atoms with Gasteiger partial charge in [0.05, 0.1) is 10.5 Å². The molecular weight excluding hydrogens is 353 g/mol. The van der Waals surface area contributed by atoms with E-state index in [9.17, 15) is 14.9 Å². The van der Waals surface area contributed by atoms with Gasteiger partial charge in [-0.25, -0.2) is 4.79 Å². The van der Waals surface area contributed by atoms with E-state index in [4.69, 9.17) is 27.9 Å². The first-order valence-electron chi connectivity index (χ1n) is 6.79. The molecule has 120 valence electrons. The van der Waals surface area contributed by atoms with Gasteiger partial charge in [-0.15, -0.1) is 0 Å². The second kappa shape index (κ2) is 6.47. The van der Waals surface area contributed by atoms with E-state index in [0.29, 0.717) is 26.9 Å². The van der Waals surface area contributed by atoms with Crippen molar-refractivity contribution in [1.29, 1.82) is 0 Å². The number of halogens is 2. The zero-order chi connectivity index (χ0) is 17.3. The number of carbonyl (C=O) groups is 1. The Morgan fingerprint density at radius 1 is 1.08 bits per heavy atom. The number of cyclic esters (lactones) is 1. The number of hydrogen-bond donors (Lipinski definition) is 0. The molecule has 0 radical (unpaired) electrons. The van der Waals surface area contributed by atoms with Crippen LogP contribution in [0.15, 0.2) is 54.1 Å². The minimum atomic E-state index is -0.553. The Kier molecular flexibility index (Phi) is 4.38. The van der Waals surface area contributed by atoms with Crippen molar-refractivity contribution in [1.82, 2.24) is 0 Å². The van der Waals surface area contributed by atoms with Gasteiger partial charge in [-0.2, -0.15) is 0 Å². The molecule has 0 bridgehead atoms. The van der Waals surface area contributed by atoms with E-state index in [1.165, 1.54) is 24.3 Å². The molecule has 0 fully saturated rings. The Labute approximate surface area is 146 Å². The van der Waals surface area contributed by atoms with Crippen LogP contribution in [0.5, 0.6) is 0 Å². The number of non-ortho nitro benzene ring substituents is 1. The Balaban J connectivity index is 1.98. The average molecular weight is 362 g/mol. The van der Waals surface area contributed by atoms with Crippen molar-refractivity contribution in [3.05, 3.63) is 85.4 Å². The van der Waals surface area contributed by atoms with Gasteiger partial charge in [-0.3, -0.25) is 10.1 Å². The lowest BCUT2D eigenvalue weighted by Gasteiger charge is -2.01. The molecule has 3 rings (SSSR count). The van der Waals surface area contributed by atoms with E-state index in [1.807, 2.05) is 0 Å². The van der Waals surface area contributed by atoms with Gasteiger partial charge in [0.2, 0.25) is 0 Å². The third-order valence-electron chi connectivity index (χ3n) is 3.36. The first-order chi connectivity index (χ1) is 11.4. The SMILES string of the molecule is O=C1OC(c2ccc(Cl)cc2)=CC1=Cc1cc([N+](=O)[O-])ccc1Cl. The van der Waals surface area contributed by atoms with Crippen molar-refractivity contribution in [3.63, 3.8) is 0 Å². The lowest BCUT2D eigenvalue weighted by atomic mass is 10.1. The summed E-state index contributed by atoms with van der Waals surface area (Å²) in [6.07, 6.45) is 3.02. The smallest absolute Gasteiger partial charge is 0.343 e. The highest BCUT2D eigenvalue weighted by atomic mass is 35.5. The summed E-state index contributed by atoms with van der Waals surface area (Å²) in [6, 6.07) is 10.8. The van der Waals surface area contributed by atoms with E-state index in [1.54, 1.807) is 30.3 Å². The van der Waals surface area contributed by atoms with Crippen LogP contribution in [0.4, 0.5) is 5.69 Å². The lowest BCUT2D eigenvalue weighted by molar-refractivity contribution is -0.384. The molecule has 24 heavy (non-hydrogen) atoms. The third-order valence-corrected chi connectivity index (χ3v) is 3.95. The van der Waals surface area contributed by atoms with Gasteiger partial charge in [-0.05, 0) is 42.5 Å². The summed E-state index contributed by atoms with van der Waals surface area (Å²) in [7, 11) is 0. The van der Waals surface area contributed by atoms with Crippen LogP contribution in [0.2, 0.25) is 10.0 Å². The maximum absolute atomic E-state index is 12.0. The van der Waals surface area contributed by atoms with E-state index >= 15 is 0 Å². The number of rotatable bonds is 3. The second-order valence-electron chi connectivity index (χ2n) is 4.97. The zero-order valence-corrected chi connectivity index (χ0v) is 13.5.